The largest absolute Gasteiger partial charge is 0.472 e. The molecule has 44 heavy (non-hydrogen) atoms. The SMILES string of the molecule is Nc1nc2c(ncn2[C@@H]2O[C@@H]3C(O)[C@]3(F)[C@H]2OP(=O)(O)OC[C@H]2O[C@@H](n3cnc4c(=O)[nH]cnc43)C[C@@H]2O[PH](=O)O)c(=O)[nH]1. The number of hydrogen-bond acceptors (Lipinski definition) is 15. The summed E-state index contributed by atoms with van der Waals surface area (Å²) in [6, 6.07) is 0. The van der Waals surface area contributed by atoms with E-state index < -0.39 is 82.4 Å². The third-order valence-electron chi connectivity index (χ3n) is 7.53. The Morgan fingerprint density at radius 1 is 1.18 bits per heavy atom. The quantitative estimate of drug-likeness (QED) is 0.110. The highest BCUT2D eigenvalue weighted by Crippen LogP contribution is 2.62. The summed E-state index contributed by atoms with van der Waals surface area (Å²) in [6.07, 6.45) is -6.60. The van der Waals surface area contributed by atoms with Crippen LogP contribution in [0.15, 0.2) is 28.6 Å². The van der Waals surface area contributed by atoms with Gasteiger partial charge in [-0.2, -0.15) is 4.98 Å². The molecule has 6 heterocycles. The molecule has 3 unspecified atom stereocenters. The second-order valence-corrected chi connectivity index (χ2v) is 12.3. The van der Waals surface area contributed by atoms with Crippen molar-refractivity contribution in [1.29, 1.82) is 0 Å². The Labute approximate surface area is 242 Å². The first kappa shape index (κ1) is 29.3. The smallest absolute Gasteiger partial charge is 0.387 e. The van der Waals surface area contributed by atoms with E-state index in [2.05, 4.69) is 29.9 Å². The summed E-state index contributed by atoms with van der Waals surface area (Å²) in [7, 11) is -8.72. The summed E-state index contributed by atoms with van der Waals surface area (Å²) in [5.41, 5.74) is 1.54. The van der Waals surface area contributed by atoms with Gasteiger partial charge in [-0.15, -0.1) is 0 Å². The molecule has 21 nitrogen and oxygen atoms in total. The van der Waals surface area contributed by atoms with Gasteiger partial charge in [-0.3, -0.25) is 37.3 Å². The van der Waals surface area contributed by atoms with Crippen LogP contribution in [-0.4, -0.2) is 96.7 Å². The fourth-order valence-electron chi connectivity index (χ4n) is 5.44. The number of phosphoric ester groups is 1. The lowest BCUT2D eigenvalue weighted by Gasteiger charge is -2.27. The third-order valence-corrected chi connectivity index (χ3v) is 9.00. The van der Waals surface area contributed by atoms with Crippen LogP contribution in [0.25, 0.3) is 22.3 Å². The number of aromatic nitrogens is 8. The van der Waals surface area contributed by atoms with Crippen LogP contribution in [0.1, 0.15) is 18.9 Å². The number of ether oxygens (including phenoxy) is 2. The molecule has 236 valence electrons. The summed E-state index contributed by atoms with van der Waals surface area (Å²) in [4.78, 5) is 64.7. The number of nitrogens with two attached hydrogens (primary N) is 1. The van der Waals surface area contributed by atoms with E-state index in [1.807, 2.05) is 0 Å². The molecule has 7 rings (SSSR count). The van der Waals surface area contributed by atoms with Crippen molar-refractivity contribution in [3.05, 3.63) is 39.7 Å². The molecule has 2 saturated heterocycles. The second-order valence-electron chi connectivity index (χ2n) is 10.1. The van der Waals surface area contributed by atoms with Crippen LogP contribution < -0.4 is 16.9 Å². The van der Waals surface area contributed by atoms with Crippen LogP contribution in [0.5, 0.6) is 0 Å². The van der Waals surface area contributed by atoms with Crippen molar-refractivity contribution in [2.45, 2.75) is 55.1 Å². The number of rotatable bonds is 9. The molecule has 1 saturated carbocycles. The molecule has 2 aliphatic heterocycles. The summed E-state index contributed by atoms with van der Waals surface area (Å²) >= 11 is 0. The monoisotopic (exact) mass is 661 g/mol. The van der Waals surface area contributed by atoms with E-state index in [0.717, 1.165) is 17.2 Å². The Bertz CT molecular complexity index is 1970. The summed E-state index contributed by atoms with van der Waals surface area (Å²) in [6.45, 7) is -0.754. The zero-order chi connectivity index (χ0) is 31.1. The van der Waals surface area contributed by atoms with E-state index in [0.29, 0.717) is 0 Å². The van der Waals surface area contributed by atoms with Crippen molar-refractivity contribution in [2.75, 3.05) is 12.3 Å². The minimum atomic E-state index is -5.20. The number of imidazole rings is 2. The number of nitrogens with one attached hydrogen (secondary N) is 2. The van der Waals surface area contributed by atoms with Crippen LogP contribution in [-0.2, 0) is 32.2 Å². The minimum Gasteiger partial charge on any atom is -0.387 e. The molecule has 0 spiro atoms. The Morgan fingerprint density at radius 2 is 1.91 bits per heavy atom. The van der Waals surface area contributed by atoms with Crippen molar-refractivity contribution >= 4 is 44.4 Å². The summed E-state index contributed by atoms with van der Waals surface area (Å²) in [5, 5.41) is 10.1. The maximum Gasteiger partial charge on any atom is 0.472 e. The van der Waals surface area contributed by atoms with Gasteiger partial charge in [-0.25, -0.2) is 23.9 Å². The van der Waals surface area contributed by atoms with Gasteiger partial charge >= 0.3 is 16.1 Å². The molecule has 10 atom stereocenters. The number of phosphoric acid groups is 1. The van der Waals surface area contributed by atoms with E-state index in [-0.39, 0.29) is 34.7 Å². The van der Waals surface area contributed by atoms with Gasteiger partial charge in [0.25, 0.3) is 11.1 Å². The topological polar surface area (TPSA) is 294 Å². The second kappa shape index (κ2) is 10.3. The first-order valence-corrected chi connectivity index (χ1v) is 15.5. The van der Waals surface area contributed by atoms with Gasteiger partial charge in [0.05, 0.1) is 31.7 Å². The number of H-pyrrole nitrogens is 2. The average molecular weight is 661 g/mol. The number of aliphatic hydroxyl groups excluding tert-OH is 1. The number of fused-ring (bicyclic) bond motifs is 3. The standard InChI is InChI=1S/C20H22FN9O12P2/c21-20-11(31)12(20)40-18(30-5-26-10-15(30)27-19(22)28-17(10)33)13(20)42-44(36,37)38-2-7-6(41-43(34)35)1-8(39-7)29-4-25-9-14(29)23-3-24-16(9)32/h3-8,11-13,18,31,43H,1-2H2,(H,34,35)(H,36,37)(H,23,24,32)(H3,22,27,28,33)/t6-,7+,8+,11?,12+,13-,18+,20+/m0/s1. The highest BCUT2D eigenvalue weighted by molar-refractivity contribution is 7.47. The molecule has 3 aliphatic rings. The van der Waals surface area contributed by atoms with Crippen LogP contribution >= 0.6 is 16.1 Å². The molecule has 7 N–H and O–H groups in total. The number of nitrogens with zero attached hydrogens (tertiary/aromatic N) is 6. The van der Waals surface area contributed by atoms with Gasteiger partial charge in [0.2, 0.25) is 5.95 Å². The number of aromatic amines is 2. The first-order valence-electron chi connectivity index (χ1n) is 12.7. The predicted molar refractivity (Wildman–Crippen MR) is 140 cm³/mol. The normalized spacial score (nSPS) is 33.5. The molecule has 0 bridgehead atoms. The van der Waals surface area contributed by atoms with Crippen molar-refractivity contribution in [2.24, 2.45) is 0 Å². The number of anilines is 1. The van der Waals surface area contributed by atoms with Gasteiger partial charge in [-0.05, 0) is 0 Å². The molecular formula is C20H22FN9O12P2. The highest BCUT2D eigenvalue weighted by atomic mass is 31.2. The number of nitrogen functional groups attached to an aromatic ring is 1. The number of aliphatic hydroxyl groups is 1. The zero-order valence-electron chi connectivity index (χ0n) is 21.8. The Balaban J connectivity index is 1.11. The Hall–Kier alpha value is -3.43. The maximum absolute atomic E-state index is 15.7. The van der Waals surface area contributed by atoms with E-state index in [9.17, 15) is 33.6 Å². The molecule has 0 radical (unpaired) electrons. The molecule has 0 amide bonds. The van der Waals surface area contributed by atoms with E-state index in [1.165, 1.54) is 10.9 Å². The minimum absolute atomic E-state index is 0.000479. The average Bonchev–Trinajstić information content (AvgIpc) is 3.53. The lowest BCUT2D eigenvalue weighted by Crippen LogP contribution is -2.36. The lowest BCUT2D eigenvalue weighted by molar-refractivity contribution is -0.0845. The van der Waals surface area contributed by atoms with Crippen LogP contribution in [0.3, 0.4) is 0 Å². The molecule has 0 aromatic carbocycles. The molecule has 4 aromatic rings. The zero-order valence-corrected chi connectivity index (χ0v) is 23.7. The highest BCUT2D eigenvalue weighted by Gasteiger charge is 2.80. The van der Waals surface area contributed by atoms with E-state index in [4.69, 9.17) is 28.8 Å². The fraction of sp³-hybridized carbons (Fsp3) is 0.500. The first-order chi connectivity index (χ1) is 20.9. The number of hydrogen-bond donors (Lipinski definition) is 6. The van der Waals surface area contributed by atoms with Crippen LogP contribution in [0.2, 0.25) is 0 Å². The van der Waals surface area contributed by atoms with Crippen LogP contribution in [0, 0.1) is 0 Å². The van der Waals surface area contributed by atoms with Crippen molar-refractivity contribution < 1.29 is 51.5 Å². The molecular weight excluding hydrogens is 639 g/mol. The molecule has 3 fully saturated rings. The molecule has 24 heteroatoms. The van der Waals surface area contributed by atoms with Gasteiger partial charge in [0, 0.05) is 6.42 Å². The van der Waals surface area contributed by atoms with Gasteiger partial charge in [0.15, 0.2) is 40.3 Å². The van der Waals surface area contributed by atoms with Gasteiger partial charge in [0.1, 0.15) is 24.5 Å². The molecule has 1 aliphatic carbocycles. The Kier molecular flexibility index (Phi) is 6.86. The van der Waals surface area contributed by atoms with Crippen molar-refractivity contribution in [3.63, 3.8) is 0 Å². The fourth-order valence-corrected chi connectivity index (χ4v) is 6.90. The van der Waals surface area contributed by atoms with E-state index in [1.54, 1.807) is 0 Å². The maximum atomic E-state index is 15.7. The Morgan fingerprint density at radius 3 is 2.66 bits per heavy atom. The van der Waals surface area contributed by atoms with E-state index >= 15 is 4.39 Å². The molecule has 4 aromatic heterocycles. The number of alkyl halides is 1. The van der Waals surface area contributed by atoms with Crippen molar-refractivity contribution in [1.82, 2.24) is 39.0 Å². The third kappa shape index (κ3) is 4.70. The summed E-state index contributed by atoms with van der Waals surface area (Å²) < 4.78 is 69.5. The number of halogens is 1. The summed E-state index contributed by atoms with van der Waals surface area (Å²) in [5.74, 6) is -0.292. The van der Waals surface area contributed by atoms with Crippen molar-refractivity contribution in [3.8, 4) is 0 Å². The predicted octanol–water partition coefficient (Wildman–Crippen LogP) is -1.63. The van der Waals surface area contributed by atoms with Gasteiger partial charge in [-0.1, -0.05) is 0 Å². The lowest BCUT2D eigenvalue weighted by atomic mass is 10.2. The van der Waals surface area contributed by atoms with Crippen LogP contribution in [0.4, 0.5) is 10.3 Å². The van der Waals surface area contributed by atoms with Gasteiger partial charge < -0.3 is 39.6 Å².